The molecule has 0 atom stereocenters. The zero-order chi connectivity index (χ0) is 13.1. The number of nitrogens with zero attached hydrogens (tertiary/aromatic N) is 1. The van der Waals surface area contributed by atoms with Gasteiger partial charge in [-0.05, 0) is 12.1 Å². The number of aromatic nitrogens is 1. The molecular weight excluding hydrogens is 273 g/mol. The number of methoxy groups -OCH3 is 1. The van der Waals surface area contributed by atoms with Gasteiger partial charge in [-0.1, -0.05) is 29.3 Å². The molecule has 94 valence electrons. The monoisotopic (exact) mass is 283 g/mol. The number of fused-ring (bicyclic) bond motifs is 1. The van der Waals surface area contributed by atoms with Crippen molar-refractivity contribution in [2.75, 3.05) is 7.11 Å². The third-order valence-corrected chi connectivity index (χ3v) is 3.53. The number of aryl methyl sites for hydroxylation is 1. The lowest BCUT2D eigenvalue weighted by Gasteiger charge is -2.07. The molecule has 0 aliphatic rings. The van der Waals surface area contributed by atoms with Crippen LogP contribution in [-0.2, 0) is 16.0 Å². The minimum atomic E-state index is -0.256. The molecule has 18 heavy (non-hydrogen) atoms. The fourth-order valence-electron chi connectivity index (χ4n) is 1.77. The number of hydrogen-bond donors (Lipinski definition) is 0. The maximum atomic E-state index is 11.1. The molecule has 1 aromatic heterocycles. The maximum Gasteiger partial charge on any atom is 0.305 e. The number of ether oxygens (including phenoxy) is 1. The molecule has 3 nitrogen and oxygen atoms in total. The van der Waals surface area contributed by atoms with E-state index in [0.29, 0.717) is 22.9 Å². The first-order chi connectivity index (χ1) is 8.63. The van der Waals surface area contributed by atoms with E-state index in [2.05, 4.69) is 9.72 Å². The number of rotatable bonds is 3. The Labute approximate surface area is 115 Å². The Balaban J connectivity index is 2.40. The van der Waals surface area contributed by atoms with Crippen LogP contribution >= 0.6 is 23.2 Å². The smallest absolute Gasteiger partial charge is 0.305 e. The van der Waals surface area contributed by atoms with E-state index in [1.54, 1.807) is 12.3 Å². The van der Waals surface area contributed by atoms with Crippen LogP contribution < -0.4 is 0 Å². The Morgan fingerprint density at radius 3 is 2.78 bits per heavy atom. The van der Waals surface area contributed by atoms with Crippen LogP contribution in [0.15, 0.2) is 24.4 Å². The number of pyridine rings is 1. The van der Waals surface area contributed by atoms with E-state index in [0.717, 1.165) is 16.5 Å². The summed E-state index contributed by atoms with van der Waals surface area (Å²) in [6.07, 6.45) is 2.47. The van der Waals surface area contributed by atoms with Gasteiger partial charge in [0.15, 0.2) is 0 Å². The molecule has 0 bridgehead atoms. The number of esters is 1. The highest BCUT2D eigenvalue weighted by Crippen LogP contribution is 2.31. The van der Waals surface area contributed by atoms with Gasteiger partial charge in [-0.3, -0.25) is 9.78 Å². The van der Waals surface area contributed by atoms with Crippen molar-refractivity contribution in [3.63, 3.8) is 0 Å². The van der Waals surface area contributed by atoms with E-state index in [1.165, 1.54) is 7.11 Å². The van der Waals surface area contributed by atoms with Crippen LogP contribution in [-0.4, -0.2) is 18.1 Å². The largest absolute Gasteiger partial charge is 0.469 e. The summed E-state index contributed by atoms with van der Waals surface area (Å²) in [7, 11) is 1.37. The van der Waals surface area contributed by atoms with Crippen LogP contribution in [0.2, 0.25) is 10.0 Å². The predicted molar refractivity (Wildman–Crippen MR) is 72.1 cm³/mol. The Morgan fingerprint density at radius 2 is 2.06 bits per heavy atom. The van der Waals surface area contributed by atoms with Crippen molar-refractivity contribution in [2.24, 2.45) is 0 Å². The van der Waals surface area contributed by atoms with E-state index < -0.39 is 0 Å². The maximum absolute atomic E-state index is 11.1. The van der Waals surface area contributed by atoms with Gasteiger partial charge in [-0.15, -0.1) is 0 Å². The van der Waals surface area contributed by atoms with Crippen molar-refractivity contribution >= 4 is 39.9 Å². The molecule has 0 saturated carbocycles. The first kappa shape index (κ1) is 13.1. The molecule has 5 heteroatoms. The second kappa shape index (κ2) is 5.55. The summed E-state index contributed by atoms with van der Waals surface area (Å²) < 4.78 is 4.61. The van der Waals surface area contributed by atoms with Gasteiger partial charge >= 0.3 is 5.97 Å². The number of benzene rings is 1. The van der Waals surface area contributed by atoms with E-state index in [9.17, 15) is 4.79 Å². The summed E-state index contributed by atoms with van der Waals surface area (Å²) in [5.74, 6) is -0.256. The van der Waals surface area contributed by atoms with Crippen LogP contribution in [0, 0.1) is 0 Å². The normalized spacial score (nSPS) is 10.6. The third kappa shape index (κ3) is 2.57. The summed E-state index contributed by atoms with van der Waals surface area (Å²) in [5.41, 5.74) is 0.816. The highest BCUT2D eigenvalue weighted by molar-refractivity contribution is 6.45. The summed E-state index contributed by atoms with van der Waals surface area (Å²) in [4.78, 5) is 15.4. The van der Waals surface area contributed by atoms with Gasteiger partial charge in [0.25, 0.3) is 0 Å². The molecule has 0 radical (unpaired) electrons. The standard InChI is InChI=1S/C13H11Cl2NO2/c1-18-12(17)5-4-11-8-2-3-10(14)13(15)9(8)6-7-16-11/h2-3,6-7H,4-5H2,1H3. The second-order valence-corrected chi connectivity index (χ2v) is 4.58. The highest BCUT2D eigenvalue weighted by atomic mass is 35.5. The SMILES string of the molecule is COC(=O)CCc1nccc2c(Cl)c(Cl)ccc12. The first-order valence-corrected chi connectivity index (χ1v) is 6.17. The van der Waals surface area contributed by atoms with Gasteiger partial charge in [0, 0.05) is 29.1 Å². The summed E-state index contributed by atoms with van der Waals surface area (Å²) in [5, 5.41) is 2.78. The van der Waals surface area contributed by atoms with Crippen molar-refractivity contribution < 1.29 is 9.53 Å². The molecule has 0 unspecified atom stereocenters. The molecule has 1 aromatic carbocycles. The number of hydrogen-bond acceptors (Lipinski definition) is 3. The lowest BCUT2D eigenvalue weighted by molar-refractivity contribution is -0.140. The van der Waals surface area contributed by atoms with E-state index in [1.807, 2.05) is 12.1 Å². The molecular formula is C13H11Cl2NO2. The van der Waals surface area contributed by atoms with Crippen molar-refractivity contribution in [2.45, 2.75) is 12.8 Å². The van der Waals surface area contributed by atoms with Crippen LogP contribution in [0.1, 0.15) is 12.1 Å². The van der Waals surface area contributed by atoms with Crippen molar-refractivity contribution in [1.29, 1.82) is 0 Å². The Bertz CT molecular complexity index is 599. The minimum absolute atomic E-state index is 0.256. The Hall–Kier alpha value is -1.32. The lowest BCUT2D eigenvalue weighted by atomic mass is 10.1. The summed E-state index contributed by atoms with van der Waals surface area (Å²) >= 11 is 12.1. The molecule has 0 aliphatic carbocycles. The zero-order valence-corrected chi connectivity index (χ0v) is 11.3. The van der Waals surface area contributed by atoms with Gasteiger partial charge in [0.05, 0.1) is 23.6 Å². The molecule has 0 fully saturated rings. The molecule has 1 heterocycles. The minimum Gasteiger partial charge on any atom is -0.469 e. The Kier molecular flexibility index (Phi) is 4.04. The van der Waals surface area contributed by atoms with Crippen molar-refractivity contribution in [3.8, 4) is 0 Å². The fraction of sp³-hybridized carbons (Fsp3) is 0.231. The quantitative estimate of drug-likeness (QED) is 0.808. The number of halogens is 2. The zero-order valence-electron chi connectivity index (χ0n) is 9.74. The van der Waals surface area contributed by atoms with E-state index in [-0.39, 0.29) is 5.97 Å². The summed E-state index contributed by atoms with van der Waals surface area (Å²) in [6.45, 7) is 0. The molecule has 0 spiro atoms. The molecule has 2 aromatic rings. The number of carbonyl (C=O) groups is 1. The Morgan fingerprint density at radius 1 is 1.28 bits per heavy atom. The number of carbonyl (C=O) groups excluding carboxylic acids is 1. The topological polar surface area (TPSA) is 39.2 Å². The van der Waals surface area contributed by atoms with Gasteiger partial charge < -0.3 is 4.74 Å². The van der Waals surface area contributed by atoms with Crippen LogP contribution in [0.25, 0.3) is 10.8 Å². The van der Waals surface area contributed by atoms with Crippen LogP contribution in [0.4, 0.5) is 0 Å². The van der Waals surface area contributed by atoms with Crippen LogP contribution in [0.5, 0.6) is 0 Å². The van der Waals surface area contributed by atoms with Gasteiger partial charge in [-0.2, -0.15) is 0 Å². The predicted octanol–water partition coefficient (Wildman–Crippen LogP) is 3.65. The summed E-state index contributed by atoms with van der Waals surface area (Å²) in [6, 6.07) is 5.41. The third-order valence-electron chi connectivity index (χ3n) is 2.71. The lowest BCUT2D eigenvalue weighted by Crippen LogP contribution is -2.03. The van der Waals surface area contributed by atoms with E-state index in [4.69, 9.17) is 23.2 Å². The average molecular weight is 284 g/mol. The highest BCUT2D eigenvalue weighted by Gasteiger charge is 2.09. The van der Waals surface area contributed by atoms with Crippen molar-refractivity contribution in [3.05, 3.63) is 40.1 Å². The first-order valence-electron chi connectivity index (χ1n) is 5.42. The van der Waals surface area contributed by atoms with Gasteiger partial charge in [0.1, 0.15) is 0 Å². The molecule has 0 aliphatic heterocycles. The second-order valence-electron chi connectivity index (χ2n) is 3.79. The molecule has 0 saturated heterocycles. The molecule has 0 amide bonds. The van der Waals surface area contributed by atoms with E-state index >= 15 is 0 Å². The molecule has 2 rings (SSSR count). The van der Waals surface area contributed by atoms with Crippen molar-refractivity contribution in [1.82, 2.24) is 4.98 Å². The average Bonchev–Trinajstić information content (AvgIpc) is 2.40. The van der Waals surface area contributed by atoms with Gasteiger partial charge in [0.2, 0.25) is 0 Å². The van der Waals surface area contributed by atoms with Crippen LogP contribution in [0.3, 0.4) is 0 Å². The fourth-order valence-corrected chi connectivity index (χ4v) is 2.17. The van der Waals surface area contributed by atoms with Gasteiger partial charge in [-0.25, -0.2) is 0 Å². The molecule has 0 N–H and O–H groups in total.